The Kier molecular flexibility index (Phi) is 3.86. The van der Waals surface area contributed by atoms with E-state index in [1.807, 2.05) is 0 Å². The first-order valence-corrected chi connectivity index (χ1v) is 6.97. The largest absolute Gasteiger partial charge is 0.398 e. The molecule has 0 spiro atoms. The van der Waals surface area contributed by atoms with Gasteiger partial charge < -0.3 is 16.4 Å². The van der Waals surface area contributed by atoms with E-state index in [1.165, 1.54) is 19.2 Å². The fraction of sp³-hybridized carbons (Fsp3) is 0.100. The third kappa shape index (κ3) is 3.52. The molecule has 2 rings (SSSR count). The molecule has 0 aliphatic heterocycles. The number of rotatable bonds is 4. The van der Waals surface area contributed by atoms with Gasteiger partial charge in [0.25, 0.3) is 10.1 Å². The minimum Gasteiger partial charge on any atom is -0.398 e. The average Bonchev–Trinajstić information content (AvgIpc) is 2.36. The summed E-state index contributed by atoms with van der Waals surface area (Å²) in [6.07, 6.45) is -0.987. The molecule has 0 atom stereocenters. The lowest BCUT2D eigenvalue weighted by molar-refractivity contribution is 0.483. The molecule has 2 aromatic rings. The number of nitrogens with zero attached hydrogens (tertiary/aromatic N) is 3. The van der Waals surface area contributed by atoms with Crippen molar-refractivity contribution in [3.8, 4) is 0 Å². The Bertz CT molecular complexity index is 782. The van der Waals surface area contributed by atoms with E-state index in [0.29, 0.717) is 5.69 Å². The third-order valence-corrected chi connectivity index (χ3v) is 3.30. The van der Waals surface area contributed by atoms with Crippen molar-refractivity contribution in [3.63, 3.8) is 0 Å². The molecule has 5 N–H and O–H groups in total. The number of benzene rings is 1. The zero-order chi connectivity index (χ0) is 15.6. The number of nitrogens with two attached hydrogens (primary N) is 1. The second-order valence-electron chi connectivity index (χ2n) is 3.85. The topological polar surface area (TPSA) is 143 Å². The SMILES string of the molecule is CNc1nc(F)nc(Nc2ccc(S(=O)(=O)O)c(N)c2)n1. The van der Waals surface area contributed by atoms with Crippen molar-refractivity contribution in [1.82, 2.24) is 15.0 Å². The summed E-state index contributed by atoms with van der Waals surface area (Å²) in [6.45, 7) is 0. The van der Waals surface area contributed by atoms with Crippen LogP contribution in [-0.2, 0) is 10.1 Å². The van der Waals surface area contributed by atoms with Crippen LogP contribution in [0.1, 0.15) is 0 Å². The van der Waals surface area contributed by atoms with Gasteiger partial charge in [0.15, 0.2) is 0 Å². The van der Waals surface area contributed by atoms with Crippen LogP contribution in [0.3, 0.4) is 0 Å². The van der Waals surface area contributed by atoms with Crippen LogP contribution < -0.4 is 16.4 Å². The first-order valence-electron chi connectivity index (χ1n) is 5.53. The van der Waals surface area contributed by atoms with Crippen LogP contribution in [0, 0.1) is 6.08 Å². The Labute approximate surface area is 119 Å². The highest BCUT2D eigenvalue weighted by Gasteiger charge is 2.14. The van der Waals surface area contributed by atoms with E-state index < -0.39 is 21.1 Å². The summed E-state index contributed by atoms with van der Waals surface area (Å²) in [5.74, 6) is -0.0709. The minimum atomic E-state index is -4.40. The summed E-state index contributed by atoms with van der Waals surface area (Å²) in [4.78, 5) is 10.2. The predicted molar refractivity (Wildman–Crippen MR) is 73.3 cm³/mol. The zero-order valence-corrected chi connectivity index (χ0v) is 11.5. The zero-order valence-electron chi connectivity index (χ0n) is 10.7. The van der Waals surface area contributed by atoms with E-state index >= 15 is 0 Å². The minimum absolute atomic E-state index is 0.0209. The Balaban J connectivity index is 2.33. The molecule has 1 heterocycles. The Hall–Kier alpha value is -2.53. The molecule has 0 aliphatic carbocycles. The standard InChI is InChI=1S/C10H11FN6O3S/c1-13-9-15-8(11)16-10(17-9)14-5-2-3-7(6(12)4-5)21(18,19)20/h2-4H,12H2,1H3,(H,18,19,20)(H2,13,14,15,16,17). The van der Waals surface area contributed by atoms with Crippen LogP contribution in [0.4, 0.5) is 27.7 Å². The van der Waals surface area contributed by atoms with E-state index in [0.717, 1.165) is 6.07 Å². The van der Waals surface area contributed by atoms with Crippen LogP contribution in [0.25, 0.3) is 0 Å². The van der Waals surface area contributed by atoms with Crippen LogP contribution in [-0.4, -0.2) is 35.0 Å². The van der Waals surface area contributed by atoms with E-state index in [4.69, 9.17) is 10.3 Å². The lowest BCUT2D eigenvalue weighted by Crippen LogP contribution is -2.07. The number of hydrogen-bond acceptors (Lipinski definition) is 8. The molecule has 0 saturated heterocycles. The van der Waals surface area contributed by atoms with Crippen molar-refractivity contribution in [2.24, 2.45) is 0 Å². The number of hydrogen-bond donors (Lipinski definition) is 4. The maximum atomic E-state index is 13.1. The highest BCUT2D eigenvalue weighted by atomic mass is 32.2. The summed E-state index contributed by atoms with van der Waals surface area (Å²) in [5.41, 5.74) is 5.67. The fourth-order valence-corrected chi connectivity index (χ4v) is 2.10. The molecular weight excluding hydrogens is 303 g/mol. The van der Waals surface area contributed by atoms with Crippen LogP contribution >= 0.6 is 0 Å². The first-order chi connectivity index (χ1) is 9.79. The maximum absolute atomic E-state index is 13.1. The number of nitrogen functional groups attached to an aromatic ring is 1. The van der Waals surface area contributed by atoms with Gasteiger partial charge in [-0.05, 0) is 18.2 Å². The van der Waals surface area contributed by atoms with Gasteiger partial charge in [0, 0.05) is 12.7 Å². The van der Waals surface area contributed by atoms with Crippen molar-refractivity contribution < 1.29 is 17.4 Å². The van der Waals surface area contributed by atoms with Crippen LogP contribution in [0.5, 0.6) is 0 Å². The quantitative estimate of drug-likeness (QED) is 0.471. The monoisotopic (exact) mass is 314 g/mol. The molecule has 0 fully saturated rings. The Morgan fingerprint density at radius 3 is 2.48 bits per heavy atom. The second-order valence-corrected chi connectivity index (χ2v) is 5.24. The third-order valence-electron chi connectivity index (χ3n) is 2.38. The summed E-state index contributed by atoms with van der Waals surface area (Å²) in [6, 6.07) is 3.66. The van der Waals surface area contributed by atoms with Crippen molar-refractivity contribution in [3.05, 3.63) is 24.3 Å². The van der Waals surface area contributed by atoms with Crippen molar-refractivity contribution in [1.29, 1.82) is 0 Å². The van der Waals surface area contributed by atoms with Gasteiger partial charge in [-0.2, -0.15) is 27.8 Å². The van der Waals surface area contributed by atoms with Gasteiger partial charge in [-0.25, -0.2) is 0 Å². The average molecular weight is 314 g/mol. The maximum Gasteiger partial charge on any atom is 0.315 e. The van der Waals surface area contributed by atoms with Gasteiger partial charge in [0.1, 0.15) is 4.90 Å². The van der Waals surface area contributed by atoms with Crippen molar-refractivity contribution in [2.75, 3.05) is 23.4 Å². The molecule has 1 aromatic carbocycles. The summed E-state index contributed by atoms with van der Waals surface area (Å²) < 4.78 is 44.1. The number of halogens is 1. The first kappa shape index (κ1) is 14.9. The highest BCUT2D eigenvalue weighted by Crippen LogP contribution is 2.23. The van der Waals surface area contributed by atoms with E-state index in [2.05, 4.69) is 25.6 Å². The normalized spacial score (nSPS) is 11.2. The molecule has 0 aliphatic rings. The summed E-state index contributed by atoms with van der Waals surface area (Å²) in [7, 11) is -2.89. The highest BCUT2D eigenvalue weighted by molar-refractivity contribution is 7.86. The lowest BCUT2D eigenvalue weighted by atomic mass is 10.3. The molecule has 0 unspecified atom stereocenters. The van der Waals surface area contributed by atoms with Gasteiger partial charge in [0.2, 0.25) is 11.9 Å². The van der Waals surface area contributed by atoms with Gasteiger partial charge in [-0.1, -0.05) is 0 Å². The molecule has 21 heavy (non-hydrogen) atoms. The van der Waals surface area contributed by atoms with E-state index in [-0.39, 0.29) is 17.6 Å². The molecule has 1 aromatic heterocycles. The fourth-order valence-electron chi connectivity index (χ4n) is 1.51. The van der Waals surface area contributed by atoms with Gasteiger partial charge >= 0.3 is 6.08 Å². The molecule has 0 amide bonds. The molecule has 0 bridgehead atoms. The van der Waals surface area contributed by atoms with Crippen molar-refractivity contribution in [2.45, 2.75) is 4.90 Å². The number of aromatic nitrogens is 3. The number of nitrogens with one attached hydrogen (secondary N) is 2. The van der Waals surface area contributed by atoms with Gasteiger partial charge in [-0.3, -0.25) is 4.55 Å². The summed E-state index contributed by atoms with van der Waals surface area (Å²) in [5, 5.41) is 5.20. The van der Waals surface area contributed by atoms with Crippen molar-refractivity contribution >= 4 is 33.4 Å². The Morgan fingerprint density at radius 1 is 1.24 bits per heavy atom. The summed E-state index contributed by atoms with van der Waals surface area (Å²) >= 11 is 0. The Morgan fingerprint density at radius 2 is 1.90 bits per heavy atom. The van der Waals surface area contributed by atoms with Crippen LogP contribution in [0.2, 0.25) is 0 Å². The molecular formula is C10H11FN6O3S. The van der Waals surface area contributed by atoms with E-state index in [1.54, 1.807) is 0 Å². The van der Waals surface area contributed by atoms with Gasteiger partial charge in [-0.15, -0.1) is 0 Å². The van der Waals surface area contributed by atoms with E-state index in [9.17, 15) is 12.8 Å². The second kappa shape index (κ2) is 5.46. The van der Waals surface area contributed by atoms with Gasteiger partial charge in [0.05, 0.1) is 5.69 Å². The lowest BCUT2D eigenvalue weighted by Gasteiger charge is -2.08. The van der Waals surface area contributed by atoms with Crippen LogP contribution in [0.15, 0.2) is 23.1 Å². The molecule has 11 heteroatoms. The molecule has 0 radical (unpaired) electrons. The smallest absolute Gasteiger partial charge is 0.315 e. The predicted octanol–water partition coefficient (Wildman–Crippen LogP) is 0.625. The number of anilines is 4. The molecule has 0 saturated carbocycles. The molecule has 112 valence electrons. The molecule has 9 nitrogen and oxygen atoms in total.